The van der Waals surface area contributed by atoms with Crippen LogP contribution < -0.4 is 4.57 Å². The van der Waals surface area contributed by atoms with Crippen LogP contribution in [0.25, 0.3) is 22.0 Å². The summed E-state index contributed by atoms with van der Waals surface area (Å²) in [5, 5.41) is 2.64. The Morgan fingerprint density at radius 2 is 1.55 bits per heavy atom. The Balaban J connectivity index is 2.30. The van der Waals surface area contributed by atoms with Crippen molar-refractivity contribution in [2.75, 3.05) is 0 Å². The first kappa shape index (κ1) is 14.8. The molecular weight excluding hydrogens is 266 g/mol. The molecule has 112 valence electrons. The highest BCUT2D eigenvalue weighted by Crippen LogP contribution is 2.29. The van der Waals surface area contributed by atoms with E-state index in [-0.39, 0.29) is 0 Å². The number of rotatable bonds is 2. The molecule has 2 aromatic carbocycles. The molecule has 0 amide bonds. The van der Waals surface area contributed by atoms with Crippen molar-refractivity contribution in [3.05, 3.63) is 65.4 Å². The van der Waals surface area contributed by atoms with Crippen LogP contribution in [0.3, 0.4) is 0 Å². The van der Waals surface area contributed by atoms with Crippen LogP contribution in [0.1, 0.15) is 36.5 Å². The third kappa shape index (κ3) is 2.64. The first-order chi connectivity index (χ1) is 10.5. The summed E-state index contributed by atoms with van der Waals surface area (Å²) < 4.78 is 2.23. The molecule has 1 aromatic heterocycles. The van der Waals surface area contributed by atoms with Gasteiger partial charge in [-0.05, 0) is 48.9 Å². The van der Waals surface area contributed by atoms with Crippen molar-refractivity contribution in [1.82, 2.24) is 0 Å². The number of hydrogen-bond donors (Lipinski definition) is 0. The van der Waals surface area contributed by atoms with Crippen molar-refractivity contribution in [1.29, 1.82) is 0 Å². The van der Waals surface area contributed by atoms with E-state index in [9.17, 15) is 0 Å². The highest BCUT2D eigenvalue weighted by atomic mass is 14.9. The maximum atomic E-state index is 2.33. The molecule has 3 rings (SSSR count). The van der Waals surface area contributed by atoms with Crippen molar-refractivity contribution in [2.24, 2.45) is 7.05 Å². The fraction of sp³-hybridized carbons (Fsp3) is 0.286. The van der Waals surface area contributed by atoms with E-state index in [0.717, 1.165) is 0 Å². The molecule has 0 aliphatic heterocycles. The smallest absolute Gasteiger partial charge is 0.200 e. The molecule has 0 spiro atoms. The van der Waals surface area contributed by atoms with Crippen LogP contribution in [0.5, 0.6) is 0 Å². The summed E-state index contributed by atoms with van der Waals surface area (Å²) in [7, 11) is 2.13. The Morgan fingerprint density at radius 3 is 2.18 bits per heavy atom. The third-order valence-corrected chi connectivity index (χ3v) is 4.32. The Labute approximate surface area is 133 Å². The van der Waals surface area contributed by atoms with E-state index in [2.05, 4.69) is 88.0 Å². The zero-order chi connectivity index (χ0) is 15.9. The first-order valence-electron chi connectivity index (χ1n) is 7.96. The molecule has 0 aliphatic rings. The number of fused-ring (bicyclic) bond motifs is 1. The lowest BCUT2D eigenvalue weighted by Crippen LogP contribution is -2.30. The van der Waals surface area contributed by atoms with Crippen molar-refractivity contribution in [3.8, 4) is 11.3 Å². The van der Waals surface area contributed by atoms with Crippen LogP contribution in [-0.2, 0) is 7.05 Å². The van der Waals surface area contributed by atoms with Crippen LogP contribution >= 0.6 is 0 Å². The standard InChI is InChI=1S/C21H24N/c1-14(2)17-6-7-20-18(13-17)8-9-22(5)21(20)19-11-15(3)10-16(4)12-19/h6-14H,1-5H3/q+1. The Hall–Kier alpha value is -2.15. The molecule has 0 radical (unpaired) electrons. The summed E-state index contributed by atoms with van der Waals surface area (Å²) in [5.74, 6) is 0.558. The maximum absolute atomic E-state index is 2.33. The molecule has 0 N–H and O–H groups in total. The van der Waals surface area contributed by atoms with Crippen molar-refractivity contribution in [2.45, 2.75) is 33.6 Å². The lowest BCUT2D eigenvalue weighted by molar-refractivity contribution is -0.659. The number of benzene rings is 2. The van der Waals surface area contributed by atoms with Gasteiger partial charge < -0.3 is 0 Å². The van der Waals surface area contributed by atoms with E-state index < -0.39 is 0 Å². The Bertz CT molecular complexity index is 824. The van der Waals surface area contributed by atoms with Crippen LogP contribution in [0.2, 0.25) is 0 Å². The molecule has 0 saturated heterocycles. The monoisotopic (exact) mass is 290 g/mol. The lowest BCUT2D eigenvalue weighted by atomic mass is 9.96. The van der Waals surface area contributed by atoms with Gasteiger partial charge in [-0.2, -0.15) is 0 Å². The molecular formula is C21H24N+. The van der Waals surface area contributed by atoms with Gasteiger partial charge in [-0.1, -0.05) is 43.2 Å². The van der Waals surface area contributed by atoms with E-state index in [0.29, 0.717) is 5.92 Å². The zero-order valence-electron chi connectivity index (χ0n) is 14.1. The number of hydrogen-bond acceptors (Lipinski definition) is 0. The number of pyridine rings is 1. The molecule has 3 aromatic rings. The summed E-state index contributed by atoms with van der Waals surface area (Å²) >= 11 is 0. The van der Waals surface area contributed by atoms with E-state index >= 15 is 0 Å². The van der Waals surface area contributed by atoms with Gasteiger partial charge in [-0.25, -0.2) is 4.57 Å². The van der Waals surface area contributed by atoms with Gasteiger partial charge in [-0.15, -0.1) is 0 Å². The van der Waals surface area contributed by atoms with Gasteiger partial charge in [0.15, 0.2) is 6.20 Å². The Morgan fingerprint density at radius 1 is 0.864 bits per heavy atom. The summed E-state index contributed by atoms with van der Waals surface area (Å²) in [6.45, 7) is 8.82. The lowest BCUT2D eigenvalue weighted by Gasteiger charge is -2.10. The molecule has 1 nitrogen and oxygen atoms in total. The van der Waals surface area contributed by atoms with E-state index in [1.54, 1.807) is 0 Å². The molecule has 0 aliphatic carbocycles. The summed E-state index contributed by atoms with van der Waals surface area (Å²) in [5.41, 5.74) is 6.60. The van der Waals surface area contributed by atoms with Gasteiger partial charge in [0.05, 0.1) is 5.39 Å². The maximum Gasteiger partial charge on any atom is 0.220 e. The van der Waals surface area contributed by atoms with Crippen LogP contribution in [-0.4, -0.2) is 0 Å². The van der Waals surface area contributed by atoms with Crippen molar-refractivity contribution in [3.63, 3.8) is 0 Å². The number of aromatic nitrogens is 1. The van der Waals surface area contributed by atoms with Crippen LogP contribution in [0, 0.1) is 13.8 Å². The summed E-state index contributed by atoms with van der Waals surface area (Å²) in [6, 6.07) is 15.9. The topological polar surface area (TPSA) is 3.88 Å². The minimum absolute atomic E-state index is 0.558. The normalized spacial score (nSPS) is 11.4. The fourth-order valence-corrected chi connectivity index (χ4v) is 3.22. The average Bonchev–Trinajstić information content (AvgIpc) is 2.45. The van der Waals surface area contributed by atoms with Gasteiger partial charge in [0, 0.05) is 11.6 Å². The van der Waals surface area contributed by atoms with Crippen molar-refractivity contribution >= 4 is 10.8 Å². The first-order valence-corrected chi connectivity index (χ1v) is 7.96. The van der Waals surface area contributed by atoms with Crippen molar-refractivity contribution < 1.29 is 4.57 Å². The van der Waals surface area contributed by atoms with Gasteiger partial charge in [0.2, 0.25) is 5.69 Å². The van der Waals surface area contributed by atoms with E-state index in [1.807, 2.05) is 0 Å². The van der Waals surface area contributed by atoms with Gasteiger partial charge >= 0.3 is 0 Å². The van der Waals surface area contributed by atoms with Crippen LogP contribution in [0.4, 0.5) is 0 Å². The average molecular weight is 290 g/mol. The number of aryl methyl sites for hydroxylation is 3. The number of nitrogens with zero attached hydrogens (tertiary/aromatic N) is 1. The zero-order valence-corrected chi connectivity index (χ0v) is 14.1. The Kier molecular flexibility index (Phi) is 3.74. The van der Waals surface area contributed by atoms with E-state index in [4.69, 9.17) is 0 Å². The third-order valence-electron chi connectivity index (χ3n) is 4.32. The molecule has 0 bridgehead atoms. The predicted octanol–water partition coefficient (Wildman–Crippen LogP) is 5.07. The fourth-order valence-electron chi connectivity index (χ4n) is 3.22. The SMILES string of the molecule is Cc1cc(C)cc(-c2c3ccc(C(C)C)cc3cc[n+]2C)c1. The highest BCUT2D eigenvalue weighted by molar-refractivity contribution is 5.93. The molecule has 1 heteroatoms. The molecule has 0 atom stereocenters. The molecule has 0 fully saturated rings. The second-order valence-electron chi connectivity index (χ2n) is 6.65. The molecule has 0 saturated carbocycles. The summed E-state index contributed by atoms with van der Waals surface area (Å²) in [6.07, 6.45) is 2.17. The minimum Gasteiger partial charge on any atom is -0.200 e. The quantitative estimate of drug-likeness (QED) is 0.580. The second-order valence-corrected chi connectivity index (χ2v) is 6.65. The molecule has 1 heterocycles. The second kappa shape index (κ2) is 5.57. The largest absolute Gasteiger partial charge is 0.220 e. The highest BCUT2D eigenvalue weighted by Gasteiger charge is 2.16. The van der Waals surface area contributed by atoms with Gasteiger partial charge in [-0.3, -0.25) is 0 Å². The van der Waals surface area contributed by atoms with Gasteiger partial charge in [0.25, 0.3) is 0 Å². The minimum atomic E-state index is 0.558. The van der Waals surface area contributed by atoms with E-state index in [1.165, 1.54) is 38.7 Å². The van der Waals surface area contributed by atoms with Crippen LogP contribution in [0.15, 0.2) is 48.7 Å². The van der Waals surface area contributed by atoms with Gasteiger partial charge in [0.1, 0.15) is 7.05 Å². The predicted molar refractivity (Wildman–Crippen MR) is 94.1 cm³/mol. The molecule has 0 unspecified atom stereocenters. The summed E-state index contributed by atoms with van der Waals surface area (Å²) in [4.78, 5) is 0. The molecule has 22 heavy (non-hydrogen) atoms.